The number of cyclic esters (lactones) is 1. The van der Waals surface area contributed by atoms with Gasteiger partial charge in [0.1, 0.15) is 6.61 Å². The number of hydrogen-bond acceptors (Lipinski definition) is 7. The van der Waals surface area contributed by atoms with E-state index in [0.29, 0.717) is 28.2 Å². The van der Waals surface area contributed by atoms with E-state index >= 15 is 0 Å². The van der Waals surface area contributed by atoms with Crippen molar-refractivity contribution in [1.82, 2.24) is 0 Å². The van der Waals surface area contributed by atoms with E-state index in [0.717, 1.165) is 10.0 Å². The Morgan fingerprint density at radius 2 is 1.97 bits per heavy atom. The molecule has 0 saturated heterocycles. The lowest BCUT2D eigenvalue weighted by Gasteiger charge is -2.14. The maximum absolute atomic E-state index is 12.4. The summed E-state index contributed by atoms with van der Waals surface area (Å²) in [6.07, 6.45) is 1.49. The Labute approximate surface area is 214 Å². The molecule has 10 heteroatoms. The van der Waals surface area contributed by atoms with Gasteiger partial charge in [0.2, 0.25) is 5.90 Å². The van der Waals surface area contributed by atoms with Gasteiger partial charge in [0.15, 0.2) is 17.2 Å². The number of carbonyl (C=O) groups excluding carboxylic acids is 1. The van der Waals surface area contributed by atoms with Gasteiger partial charge in [-0.15, -0.1) is 0 Å². The molecule has 0 aliphatic carbocycles. The molecule has 0 bridgehead atoms. The second-order valence-corrected chi connectivity index (χ2v) is 8.77. The van der Waals surface area contributed by atoms with Gasteiger partial charge in [-0.1, -0.05) is 51.8 Å². The lowest BCUT2D eigenvalue weighted by molar-refractivity contribution is -0.385. The Hall–Kier alpha value is -3.69. The topological polar surface area (TPSA) is 100 Å². The van der Waals surface area contributed by atoms with Crippen LogP contribution in [0, 0.1) is 17.0 Å². The van der Waals surface area contributed by atoms with Gasteiger partial charge in [0.05, 0.1) is 17.1 Å². The second-order valence-electron chi connectivity index (χ2n) is 7.51. The highest BCUT2D eigenvalue weighted by Gasteiger charge is 2.26. The molecule has 4 rings (SSSR count). The van der Waals surface area contributed by atoms with Gasteiger partial charge in [-0.05, 0) is 42.8 Å². The van der Waals surface area contributed by atoms with E-state index in [1.165, 1.54) is 19.3 Å². The highest BCUT2D eigenvalue weighted by molar-refractivity contribution is 9.10. The average Bonchev–Trinajstić information content (AvgIpc) is 3.19. The Bertz CT molecular complexity index is 1400. The smallest absolute Gasteiger partial charge is 0.363 e. The van der Waals surface area contributed by atoms with Crippen LogP contribution < -0.4 is 9.47 Å². The molecule has 3 aromatic carbocycles. The Morgan fingerprint density at radius 1 is 1.20 bits per heavy atom. The predicted molar refractivity (Wildman–Crippen MR) is 135 cm³/mol. The van der Waals surface area contributed by atoms with Crippen molar-refractivity contribution >= 4 is 51.2 Å². The Morgan fingerprint density at radius 3 is 2.69 bits per heavy atom. The first-order chi connectivity index (χ1) is 16.8. The van der Waals surface area contributed by atoms with Crippen molar-refractivity contribution in [2.75, 3.05) is 7.11 Å². The number of aliphatic imine (C=N–C) groups is 1. The van der Waals surface area contributed by atoms with Gasteiger partial charge in [-0.3, -0.25) is 10.1 Å². The molecule has 178 valence electrons. The molecule has 3 aromatic rings. The van der Waals surface area contributed by atoms with Gasteiger partial charge in [-0.25, -0.2) is 9.79 Å². The summed E-state index contributed by atoms with van der Waals surface area (Å²) in [5.74, 6) is 0.0294. The molecule has 0 N–H and O–H groups in total. The number of benzene rings is 3. The molecule has 0 atom stereocenters. The van der Waals surface area contributed by atoms with E-state index in [1.807, 2.05) is 24.3 Å². The minimum absolute atomic E-state index is 0.0169. The molecular weight excluding hydrogens is 540 g/mol. The van der Waals surface area contributed by atoms with Crippen molar-refractivity contribution in [3.8, 4) is 11.5 Å². The minimum Gasteiger partial charge on any atom is -0.493 e. The number of methoxy groups -OCH3 is 1. The minimum atomic E-state index is -0.687. The second kappa shape index (κ2) is 10.3. The van der Waals surface area contributed by atoms with E-state index < -0.39 is 10.9 Å². The van der Waals surface area contributed by atoms with Crippen molar-refractivity contribution in [2.45, 2.75) is 13.5 Å². The largest absolute Gasteiger partial charge is 0.493 e. The molecule has 0 unspecified atom stereocenters. The number of nitrogens with zero attached hydrogens (tertiary/aromatic N) is 2. The molecule has 0 fully saturated rings. The van der Waals surface area contributed by atoms with Crippen LogP contribution in [0.4, 0.5) is 5.69 Å². The summed E-state index contributed by atoms with van der Waals surface area (Å²) in [5.41, 5.74) is 2.21. The van der Waals surface area contributed by atoms with E-state index in [2.05, 4.69) is 20.9 Å². The zero-order valence-electron chi connectivity index (χ0n) is 18.6. The number of rotatable bonds is 7. The summed E-state index contributed by atoms with van der Waals surface area (Å²) in [6, 6.07) is 15.4. The zero-order chi connectivity index (χ0) is 25.1. The zero-order valence-corrected chi connectivity index (χ0v) is 20.9. The first-order valence-corrected chi connectivity index (χ1v) is 11.5. The van der Waals surface area contributed by atoms with Gasteiger partial charge in [-0.2, -0.15) is 0 Å². The van der Waals surface area contributed by atoms with Crippen molar-refractivity contribution in [1.29, 1.82) is 0 Å². The van der Waals surface area contributed by atoms with Gasteiger partial charge in [0.25, 0.3) is 5.69 Å². The molecule has 0 saturated carbocycles. The van der Waals surface area contributed by atoms with Crippen LogP contribution in [0.3, 0.4) is 0 Å². The van der Waals surface area contributed by atoms with Crippen molar-refractivity contribution in [3.63, 3.8) is 0 Å². The number of nitro benzene ring substituents is 1. The molecule has 0 amide bonds. The number of esters is 1. The summed E-state index contributed by atoms with van der Waals surface area (Å²) in [5, 5.41) is 11.5. The average molecular weight is 558 g/mol. The quantitative estimate of drug-likeness (QED) is 0.147. The highest BCUT2D eigenvalue weighted by atomic mass is 79.9. The summed E-state index contributed by atoms with van der Waals surface area (Å²) in [6.45, 7) is 1.89. The molecule has 1 aliphatic heterocycles. The number of hydrogen-bond donors (Lipinski definition) is 0. The van der Waals surface area contributed by atoms with Crippen molar-refractivity contribution in [2.24, 2.45) is 4.99 Å². The monoisotopic (exact) mass is 556 g/mol. The van der Waals surface area contributed by atoms with Gasteiger partial charge < -0.3 is 14.2 Å². The molecule has 1 aliphatic rings. The van der Waals surface area contributed by atoms with Crippen LogP contribution in [0.25, 0.3) is 6.08 Å². The summed E-state index contributed by atoms with van der Waals surface area (Å²) < 4.78 is 17.5. The van der Waals surface area contributed by atoms with Crippen LogP contribution in [0.5, 0.6) is 11.5 Å². The first-order valence-electron chi connectivity index (χ1n) is 10.3. The number of nitro groups is 1. The van der Waals surface area contributed by atoms with Crippen LogP contribution >= 0.6 is 27.5 Å². The normalized spacial score (nSPS) is 14.0. The highest BCUT2D eigenvalue weighted by Crippen LogP contribution is 2.38. The molecule has 8 nitrogen and oxygen atoms in total. The molecule has 0 aromatic heterocycles. The fraction of sp³-hybridized carbons (Fsp3) is 0.120. The SMILES string of the molecule is COc1cc(/C=C2\N=C(c3ccc(C)c([N+](=O)[O-])c3)OC2=O)cc(Cl)c1OCc1ccccc1Br. The lowest BCUT2D eigenvalue weighted by Crippen LogP contribution is -2.06. The van der Waals surface area contributed by atoms with Crippen LogP contribution in [-0.4, -0.2) is 23.9 Å². The maximum atomic E-state index is 12.4. The van der Waals surface area contributed by atoms with E-state index in [1.54, 1.807) is 31.2 Å². The standard InChI is InChI=1S/C25H18BrClN2O6/c1-14-7-8-16(12-21(14)29(31)32)24-28-20(25(30)35-24)10-15-9-19(27)23(22(11-15)33-2)34-13-17-5-3-4-6-18(17)26/h3-12H,13H2,1-2H3/b20-10-. The van der Waals surface area contributed by atoms with Gasteiger partial charge >= 0.3 is 5.97 Å². The Kier molecular flexibility index (Phi) is 7.18. The van der Waals surface area contributed by atoms with Gasteiger partial charge in [0, 0.05) is 27.2 Å². The number of halogens is 2. The van der Waals surface area contributed by atoms with Crippen LogP contribution in [0.1, 0.15) is 22.3 Å². The van der Waals surface area contributed by atoms with Crippen LogP contribution in [-0.2, 0) is 16.1 Å². The number of aryl methyl sites for hydroxylation is 1. The van der Waals surface area contributed by atoms with Crippen molar-refractivity contribution in [3.05, 3.63) is 102 Å². The molecule has 0 spiro atoms. The molecular formula is C25H18BrClN2O6. The maximum Gasteiger partial charge on any atom is 0.363 e. The number of ether oxygens (including phenoxy) is 3. The predicted octanol–water partition coefficient (Wildman–Crippen LogP) is 6.25. The van der Waals surface area contributed by atoms with Crippen molar-refractivity contribution < 1.29 is 23.9 Å². The molecule has 1 heterocycles. The third kappa shape index (κ3) is 5.36. The number of carbonyl (C=O) groups is 1. The third-order valence-corrected chi connectivity index (χ3v) is 6.21. The first kappa shape index (κ1) is 24.4. The van der Waals surface area contributed by atoms with E-state index in [-0.39, 0.29) is 28.9 Å². The summed E-state index contributed by atoms with van der Waals surface area (Å²) >= 11 is 9.95. The fourth-order valence-electron chi connectivity index (χ4n) is 3.36. The third-order valence-electron chi connectivity index (χ3n) is 5.16. The molecule has 0 radical (unpaired) electrons. The van der Waals surface area contributed by atoms with Crippen LogP contribution in [0.2, 0.25) is 5.02 Å². The lowest BCUT2D eigenvalue weighted by atomic mass is 10.1. The fourth-order valence-corrected chi connectivity index (χ4v) is 4.03. The summed E-state index contributed by atoms with van der Waals surface area (Å²) in [4.78, 5) is 27.4. The van der Waals surface area contributed by atoms with Crippen LogP contribution in [0.15, 0.2) is 69.8 Å². The Balaban J connectivity index is 1.61. The molecule has 35 heavy (non-hydrogen) atoms. The van der Waals surface area contributed by atoms with E-state index in [4.69, 9.17) is 25.8 Å². The summed E-state index contributed by atoms with van der Waals surface area (Å²) in [7, 11) is 1.48. The van der Waals surface area contributed by atoms with E-state index in [9.17, 15) is 14.9 Å².